The average Bonchev–Trinajstić information content (AvgIpc) is 3.08. The van der Waals surface area contributed by atoms with Gasteiger partial charge in [-0.25, -0.2) is 9.78 Å². The fourth-order valence-electron chi connectivity index (χ4n) is 5.39. The molecular weight excluding hydrogens is 564 g/mol. The summed E-state index contributed by atoms with van der Waals surface area (Å²) >= 11 is 0. The highest BCUT2D eigenvalue weighted by Crippen LogP contribution is 2.35. The first-order valence-electron chi connectivity index (χ1n) is 15.3. The standard InChI is InChI=1S/C36H38N6O3/c1-5-8-20-42-34-30(18-13-19-37-34)31(26-14-12-17-29(23-26)45-4)33(35(42)43)39-36(44)38-32-24(6-2)21-28(22-25(32)7-3)41-40-27-15-10-9-11-16-27/h9-19,21-23H,5-8,20H2,1-4H3,(H2,38,39,44). The minimum absolute atomic E-state index is 0.182. The molecule has 0 radical (unpaired) electrons. The largest absolute Gasteiger partial charge is 0.497 e. The van der Waals surface area contributed by atoms with Gasteiger partial charge in [-0.1, -0.05) is 57.5 Å². The number of amides is 2. The first-order valence-corrected chi connectivity index (χ1v) is 15.3. The van der Waals surface area contributed by atoms with Gasteiger partial charge in [-0.15, -0.1) is 0 Å². The summed E-state index contributed by atoms with van der Waals surface area (Å²) in [5.74, 6) is 0.639. The molecule has 0 aliphatic heterocycles. The van der Waals surface area contributed by atoms with Crippen LogP contribution in [0, 0.1) is 0 Å². The number of carbonyl (C=O) groups excluding carboxylic acids is 1. The van der Waals surface area contributed by atoms with Gasteiger partial charge in [0.2, 0.25) is 0 Å². The van der Waals surface area contributed by atoms with Crippen LogP contribution in [0.15, 0.2) is 100 Å². The van der Waals surface area contributed by atoms with Crippen LogP contribution in [0.4, 0.5) is 27.5 Å². The van der Waals surface area contributed by atoms with Crippen LogP contribution in [0.3, 0.4) is 0 Å². The highest BCUT2D eigenvalue weighted by atomic mass is 16.5. The number of nitrogens with one attached hydrogen (secondary N) is 2. The molecule has 2 amide bonds. The number of benzene rings is 3. The van der Waals surface area contributed by atoms with Crippen molar-refractivity contribution in [2.24, 2.45) is 10.2 Å². The number of azo groups is 1. The fraction of sp³-hybridized carbons (Fsp3) is 0.250. The molecule has 9 heteroatoms. The Kier molecular flexibility index (Phi) is 9.99. The van der Waals surface area contributed by atoms with Crippen molar-refractivity contribution in [3.05, 3.63) is 107 Å². The van der Waals surface area contributed by atoms with Crippen LogP contribution in [0.5, 0.6) is 5.75 Å². The number of methoxy groups -OCH3 is 1. The molecule has 2 heterocycles. The van der Waals surface area contributed by atoms with Gasteiger partial charge >= 0.3 is 6.03 Å². The zero-order chi connectivity index (χ0) is 31.8. The summed E-state index contributed by atoms with van der Waals surface area (Å²) < 4.78 is 7.14. The predicted molar refractivity (Wildman–Crippen MR) is 181 cm³/mol. The zero-order valence-electron chi connectivity index (χ0n) is 26.1. The summed E-state index contributed by atoms with van der Waals surface area (Å²) in [5.41, 5.74) is 5.77. The molecule has 0 saturated heterocycles. The van der Waals surface area contributed by atoms with Crippen molar-refractivity contribution in [1.29, 1.82) is 0 Å². The fourth-order valence-corrected chi connectivity index (χ4v) is 5.39. The third-order valence-electron chi connectivity index (χ3n) is 7.68. The number of anilines is 2. The van der Waals surface area contributed by atoms with Crippen LogP contribution in [0.2, 0.25) is 0 Å². The summed E-state index contributed by atoms with van der Waals surface area (Å²) in [7, 11) is 1.60. The van der Waals surface area contributed by atoms with Crippen molar-refractivity contribution in [2.75, 3.05) is 17.7 Å². The predicted octanol–water partition coefficient (Wildman–Crippen LogP) is 9.06. The number of urea groups is 1. The number of carbonyl (C=O) groups is 1. The summed E-state index contributed by atoms with van der Waals surface area (Å²) in [4.78, 5) is 32.5. The van der Waals surface area contributed by atoms with Crippen molar-refractivity contribution < 1.29 is 9.53 Å². The van der Waals surface area contributed by atoms with Gasteiger partial charge in [0.15, 0.2) is 0 Å². The minimum atomic E-state index is -0.510. The van der Waals surface area contributed by atoms with Crippen molar-refractivity contribution in [2.45, 2.75) is 53.0 Å². The SMILES string of the molecule is CCCCn1c(=O)c(NC(=O)Nc2c(CC)cc(N=Nc3ccccc3)cc2CC)c(-c2cccc(OC)c2)c2cccnc21. The third kappa shape index (κ3) is 6.93. The highest BCUT2D eigenvalue weighted by Gasteiger charge is 2.22. The second-order valence-corrected chi connectivity index (χ2v) is 10.6. The molecule has 230 valence electrons. The molecule has 0 aliphatic carbocycles. The summed E-state index contributed by atoms with van der Waals surface area (Å²) in [6.45, 7) is 6.61. The van der Waals surface area contributed by atoms with Gasteiger partial charge in [0, 0.05) is 29.4 Å². The Hall–Kier alpha value is -5.31. The number of ether oxygens (including phenoxy) is 1. The number of nitrogens with zero attached hydrogens (tertiary/aromatic N) is 4. The maximum Gasteiger partial charge on any atom is 0.323 e. The number of fused-ring (bicyclic) bond motifs is 1. The lowest BCUT2D eigenvalue weighted by Gasteiger charge is -2.20. The highest BCUT2D eigenvalue weighted by molar-refractivity contribution is 6.07. The molecule has 0 bridgehead atoms. The molecule has 0 fully saturated rings. The molecule has 45 heavy (non-hydrogen) atoms. The second kappa shape index (κ2) is 14.4. The maximum atomic E-state index is 14.1. The molecule has 0 saturated carbocycles. The van der Waals surface area contributed by atoms with Gasteiger partial charge < -0.3 is 15.4 Å². The van der Waals surface area contributed by atoms with Gasteiger partial charge in [0.25, 0.3) is 5.56 Å². The lowest BCUT2D eigenvalue weighted by molar-refractivity contribution is 0.262. The van der Waals surface area contributed by atoms with Gasteiger partial charge in [-0.2, -0.15) is 10.2 Å². The van der Waals surface area contributed by atoms with Gasteiger partial charge in [-0.05, 0) is 84.5 Å². The van der Waals surface area contributed by atoms with Crippen LogP contribution in [-0.4, -0.2) is 22.7 Å². The second-order valence-electron chi connectivity index (χ2n) is 10.6. The Labute approximate surface area is 263 Å². The van der Waals surface area contributed by atoms with E-state index in [0.29, 0.717) is 47.7 Å². The topological polar surface area (TPSA) is 110 Å². The summed E-state index contributed by atoms with van der Waals surface area (Å²) in [6.07, 6.45) is 4.71. The molecule has 5 rings (SSSR count). The van der Waals surface area contributed by atoms with E-state index in [2.05, 4.69) is 32.8 Å². The molecule has 0 unspecified atom stereocenters. The molecule has 2 N–H and O–H groups in total. The summed E-state index contributed by atoms with van der Waals surface area (Å²) in [6, 6.07) is 24.1. The van der Waals surface area contributed by atoms with E-state index >= 15 is 0 Å². The molecular formula is C36H38N6O3. The number of unbranched alkanes of at least 4 members (excludes halogenated alkanes) is 1. The Morgan fingerprint density at radius 1 is 0.844 bits per heavy atom. The van der Waals surface area contributed by atoms with Crippen LogP contribution >= 0.6 is 0 Å². The van der Waals surface area contributed by atoms with E-state index < -0.39 is 6.03 Å². The number of pyridine rings is 2. The van der Waals surface area contributed by atoms with Crippen molar-refractivity contribution in [1.82, 2.24) is 9.55 Å². The smallest absolute Gasteiger partial charge is 0.323 e. The molecule has 0 spiro atoms. The summed E-state index contributed by atoms with van der Waals surface area (Å²) in [5, 5.41) is 15.6. The third-order valence-corrected chi connectivity index (χ3v) is 7.68. The quantitative estimate of drug-likeness (QED) is 0.147. The number of aryl methyl sites for hydroxylation is 3. The van der Waals surface area contributed by atoms with E-state index in [9.17, 15) is 9.59 Å². The van der Waals surface area contributed by atoms with E-state index in [0.717, 1.165) is 40.6 Å². The number of hydrogen-bond donors (Lipinski definition) is 2. The van der Waals surface area contributed by atoms with E-state index in [4.69, 9.17) is 4.74 Å². The molecule has 0 aliphatic rings. The van der Waals surface area contributed by atoms with E-state index in [1.54, 1.807) is 17.9 Å². The Morgan fingerprint density at radius 2 is 1.56 bits per heavy atom. The van der Waals surface area contributed by atoms with Gasteiger partial charge in [0.1, 0.15) is 17.1 Å². The van der Waals surface area contributed by atoms with Crippen LogP contribution in [-0.2, 0) is 19.4 Å². The Morgan fingerprint density at radius 3 is 2.24 bits per heavy atom. The number of aromatic nitrogens is 2. The van der Waals surface area contributed by atoms with Gasteiger partial charge in [-0.3, -0.25) is 9.36 Å². The van der Waals surface area contributed by atoms with Crippen LogP contribution < -0.4 is 20.9 Å². The lowest BCUT2D eigenvalue weighted by atomic mass is 10.00. The van der Waals surface area contributed by atoms with Crippen molar-refractivity contribution in [3.8, 4) is 16.9 Å². The maximum absolute atomic E-state index is 14.1. The molecule has 5 aromatic rings. The molecule has 9 nitrogen and oxygen atoms in total. The van der Waals surface area contributed by atoms with Crippen molar-refractivity contribution >= 4 is 39.8 Å². The minimum Gasteiger partial charge on any atom is -0.497 e. The Balaban J connectivity index is 1.57. The normalized spacial score (nSPS) is 11.2. The number of hydrogen-bond acceptors (Lipinski definition) is 6. The Bertz CT molecular complexity index is 1870. The van der Waals surface area contributed by atoms with E-state index in [-0.39, 0.29) is 11.2 Å². The van der Waals surface area contributed by atoms with Gasteiger partial charge in [0.05, 0.1) is 18.5 Å². The first-order chi connectivity index (χ1) is 22.0. The average molecular weight is 603 g/mol. The van der Waals surface area contributed by atoms with E-state index in [1.807, 2.05) is 92.7 Å². The first kappa shape index (κ1) is 31.1. The zero-order valence-corrected chi connectivity index (χ0v) is 26.1. The lowest BCUT2D eigenvalue weighted by Crippen LogP contribution is -2.30. The van der Waals surface area contributed by atoms with Crippen molar-refractivity contribution in [3.63, 3.8) is 0 Å². The van der Waals surface area contributed by atoms with Crippen LogP contribution in [0.25, 0.3) is 22.2 Å². The number of rotatable bonds is 11. The molecule has 3 aromatic carbocycles. The molecule has 0 atom stereocenters. The van der Waals surface area contributed by atoms with E-state index in [1.165, 1.54) is 0 Å². The van der Waals surface area contributed by atoms with Crippen LogP contribution in [0.1, 0.15) is 44.7 Å². The molecule has 2 aromatic heterocycles. The monoisotopic (exact) mass is 602 g/mol.